The van der Waals surface area contributed by atoms with Crippen LogP contribution in [-0.2, 0) is 9.59 Å². The molecule has 1 saturated carbocycles. The Morgan fingerprint density at radius 3 is 2.18 bits per heavy atom. The molecular formula is C25H26ClNO6. The predicted molar refractivity (Wildman–Crippen MR) is 124 cm³/mol. The molecule has 1 N–H and O–H groups in total. The predicted octanol–water partition coefficient (Wildman–Crippen LogP) is 4.73. The van der Waals surface area contributed by atoms with E-state index in [2.05, 4.69) is 0 Å². The van der Waals surface area contributed by atoms with Crippen molar-refractivity contribution in [3.05, 3.63) is 58.1 Å². The van der Waals surface area contributed by atoms with E-state index in [4.69, 9.17) is 25.8 Å². The molecule has 1 aliphatic heterocycles. The first-order chi connectivity index (χ1) is 15.9. The van der Waals surface area contributed by atoms with Gasteiger partial charge in [0.05, 0.1) is 43.5 Å². The van der Waals surface area contributed by atoms with Crippen LogP contribution in [0.25, 0.3) is 5.76 Å². The molecule has 1 aliphatic carbocycles. The fourth-order valence-corrected chi connectivity index (χ4v) is 4.95. The molecule has 7 nitrogen and oxygen atoms in total. The van der Waals surface area contributed by atoms with Crippen molar-refractivity contribution < 1.29 is 28.9 Å². The van der Waals surface area contributed by atoms with Gasteiger partial charge in [0.1, 0.15) is 23.0 Å². The summed E-state index contributed by atoms with van der Waals surface area (Å²) in [6.45, 7) is 0. The molecule has 1 heterocycles. The number of amides is 1. The van der Waals surface area contributed by atoms with Crippen molar-refractivity contribution in [1.29, 1.82) is 0 Å². The minimum absolute atomic E-state index is 0.0107. The number of likely N-dealkylation sites (tertiary alicyclic amines) is 1. The molecule has 2 aromatic rings. The maximum atomic E-state index is 13.3. The van der Waals surface area contributed by atoms with Gasteiger partial charge >= 0.3 is 0 Å². The summed E-state index contributed by atoms with van der Waals surface area (Å²) < 4.78 is 15.9. The molecule has 2 fully saturated rings. The lowest BCUT2D eigenvalue weighted by Gasteiger charge is -2.31. The highest BCUT2D eigenvalue weighted by atomic mass is 35.5. The Morgan fingerprint density at radius 1 is 0.970 bits per heavy atom. The molecule has 2 aliphatic rings. The molecular weight excluding hydrogens is 446 g/mol. The molecule has 0 spiro atoms. The first kappa shape index (κ1) is 23.0. The summed E-state index contributed by atoms with van der Waals surface area (Å²) >= 11 is 6.30. The normalized spacial score (nSPS) is 20.4. The number of benzene rings is 2. The fraction of sp³-hybridized carbons (Fsp3) is 0.360. The van der Waals surface area contributed by atoms with E-state index in [0.717, 1.165) is 25.7 Å². The van der Waals surface area contributed by atoms with Gasteiger partial charge in [0.2, 0.25) is 0 Å². The highest BCUT2D eigenvalue weighted by Crippen LogP contribution is 2.45. The van der Waals surface area contributed by atoms with Crippen LogP contribution >= 0.6 is 11.6 Å². The van der Waals surface area contributed by atoms with E-state index < -0.39 is 17.7 Å². The van der Waals surface area contributed by atoms with Gasteiger partial charge in [0.25, 0.3) is 11.7 Å². The molecule has 0 bridgehead atoms. The second-order valence-corrected chi connectivity index (χ2v) is 8.51. The average Bonchev–Trinajstić information content (AvgIpc) is 3.45. The first-order valence-corrected chi connectivity index (χ1v) is 11.1. The largest absolute Gasteiger partial charge is 0.507 e. The van der Waals surface area contributed by atoms with Crippen molar-refractivity contribution in [2.45, 2.75) is 37.8 Å². The van der Waals surface area contributed by atoms with E-state index in [1.54, 1.807) is 24.1 Å². The average molecular weight is 472 g/mol. The second-order valence-electron chi connectivity index (χ2n) is 8.10. The van der Waals surface area contributed by atoms with Crippen LogP contribution in [0.4, 0.5) is 0 Å². The Balaban J connectivity index is 1.92. The van der Waals surface area contributed by atoms with Gasteiger partial charge in [-0.2, -0.15) is 0 Å². The number of carbonyl (C=O) groups excluding carboxylic acids is 2. The highest BCUT2D eigenvalue weighted by Gasteiger charge is 2.49. The fourth-order valence-electron chi connectivity index (χ4n) is 4.71. The number of hydrogen-bond donors (Lipinski definition) is 1. The summed E-state index contributed by atoms with van der Waals surface area (Å²) in [6.07, 6.45) is 3.62. The lowest BCUT2D eigenvalue weighted by Crippen LogP contribution is -2.37. The lowest BCUT2D eigenvalue weighted by atomic mass is 9.94. The van der Waals surface area contributed by atoms with Crippen LogP contribution in [-0.4, -0.2) is 49.1 Å². The van der Waals surface area contributed by atoms with Gasteiger partial charge in [0, 0.05) is 12.1 Å². The van der Waals surface area contributed by atoms with E-state index in [1.165, 1.54) is 26.4 Å². The summed E-state index contributed by atoms with van der Waals surface area (Å²) in [5, 5.41) is 11.6. The number of carbonyl (C=O) groups is 2. The minimum atomic E-state index is -0.732. The topological polar surface area (TPSA) is 85.3 Å². The molecule has 1 unspecified atom stereocenters. The number of rotatable bonds is 6. The number of aliphatic hydroxyl groups is 1. The Bertz CT molecular complexity index is 1100. The van der Waals surface area contributed by atoms with Crippen molar-refractivity contribution in [3.8, 4) is 17.2 Å². The number of nitrogens with zero attached hydrogens (tertiary/aromatic N) is 1. The Labute approximate surface area is 197 Å². The van der Waals surface area contributed by atoms with Crippen molar-refractivity contribution in [3.63, 3.8) is 0 Å². The molecule has 8 heteroatoms. The van der Waals surface area contributed by atoms with Gasteiger partial charge in [-0.25, -0.2) is 0 Å². The Hall–Kier alpha value is -3.19. The van der Waals surface area contributed by atoms with E-state index in [1.807, 2.05) is 12.1 Å². The number of hydrogen-bond acceptors (Lipinski definition) is 6. The van der Waals surface area contributed by atoms with Crippen LogP contribution in [0.2, 0.25) is 5.02 Å². The monoisotopic (exact) mass is 471 g/mol. The summed E-state index contributed by atoms with van der Waals surface area (Å²) in [7, 11) is 4.48. The summed E-state index contributed by atoms with van der Waals surface area (Å²) in [4.78, 5) is 28.1. The maximum Gasteiger partial charge on any atom is 0.295 e. The van der Waals surface area contributed by atoms with Gasteiger partial charge < -0.3 is 24.2 Å². The van der Waals surface area contributed by atoms with E-state index in [9.17, 15) is 14.7 Å². The van der Waals surface area contributed by atoms with E-state index in [-0.39, 0.29) is 33.7 Å². The number of aliphatic hydroxyl groups excluding tert-OH is 1. The third kappa shape index (κ3) is 4.02. The maximum absolute atomic E-state index is 13.3. The molecule has 33 heavy (non-hydrogen) atoms. The lowest BCUT2D eigenvalue weighted by molar-refractivity contribution is -0.141. The number of Topliss-reactive ketones (excluding diaryl/α,β-unsaturated/α-hetero) is 1. The standard InChI is InChI=1S/C25H26ClNO6/c1-31-16-10-8-14(9-11-16)22-21(24(29)25(30)27(22)15-6-4-5-7-15)23(28)17-12-18(26)20(33-3)13-19(17)32-2/h8-13,15,22,28H,4-7H2,1-3H3/b23-21+. The number of halogens is 1. The number of ketones is 1. The van der Waals surface area contributed by atoms with E-state index >= 15 is 0 Å². The van der Waals surface area contributed by atoms with Crippen LogP contribution in [0.3, 0.4) is 0 Å². The van der Waals surface area contributed by atoms with Crippen molar-refractivity contribution in [2.75, 3.05) is 21.3 Å². The zero-order valence-corrected chi connectivity index (χ0v) is 19.5. The second kappa shape index (κ2) is 9.35. The third-order valence-corrected chi connectivity index (χ3v) is 6.65. The first-order valence-electron chi connectivity index (χ1n) is 10.8. The molecule has 1 amide bonds. The molecule has 2 aromatic carbocycles. The Kier molecular flexibility index (Phi) is 6.51. The van der Waals surface area contributed by atoms with Gasteiger partial charge in [-0.3, -0.25) is 9.59 Å². The Morgan fingerprint density at radius 2 is 1.61 bits per heavy atom. The minimum Gasteiger partial charge on any atom is -0.507 e. The quantitative estimate of drug-likeness (QED) is 0.372. The zero-order chi connectivity index (χ0) is 23.7. The van der Waals surface area contributed by atoms with Gasteiger partial charge in [-0.15, -0.1) is 0 Å². The SMILES string of the molecule is COc1ccc(C2/C(=C(\O)c3cc(Cl)c(OC)cc3OC)C(=O)C(=O)N2C2CCCC2)cc1. The van der Waals surface area contributed by atoms with Crippen LogP contribution in [0, 0.1) is 0 Å². The molecule has 0 radical (unpaired) electrons. The van der Waals surface area contributed by atoms with Gasteiger partial charge in [-0.1, -0.05) is 36.6 Å². The van der Waals surface area contributed by atoms with Crippen LogP contribution in [0.5, 0.6) is 17.2 Å². The number of ether oxygens (including phenoxy) is 3. The van der Waals surface area contributed by atoms with Gasteiger partial charge in [-0.05, 0) is 36.6 Å². The molecule has 1 atom stereocenters. The smallest absolute Gasteiger partial charge is 0.295 e. The molecule has 1 saturated heterocycles. The van der Waals surface area contributed by atoms with Crippen LogP contribution in [0.15, 0.2) is 42.0 Å². The summed E-state index contributed by atoms with van der Waals surface area (Å²) in [6, 6.07) is 9.37. The van der Waals surface area contributed by atoms with Crippen molar-refractivity contribution >= 4 is 29.1 Å². The highest BCUT2D eigenvalue weighted by molar-refractivity contribution is 6.46. The van der Waals surface area contributed by atoms with Crippen LogP contribution < -0.4 is 14.2 Å². The zero-order valence-electron chi connectivity index (χ0n) is 18.8. The van der Waals surface area contributed by atoms with E-state index in [0.29, 0.717) is 17.1 Å². The van der Waals surface area contributed by atoms with Crippen molar-refractivity contribution in [1.82, 2.24) is 4.90 Å². The molecule has 174 valence electrons. The van der Waals surface area contributed by atoms with Gasteiger partial charge in [0.15, 0.2) is 0 Å². The summed E-state index contributed by atoms with van der Waals surface area (Å²) in [5.41, 5.74) is 0.935. The number of methoxy groups -OCH3 is 3. The molecule has 4 rings (SSSR count). The van der Waals surface area contributed by atoms with Crippen molar-refractivity contribution in [2.24, 2.45) is 0 Å². The summed E-state index contributed by atoms with van der Waals surface area (Å²) in [5.74, 6) is -0.384. The van der Waals surface area contributed by atoms with Crippen LogP contribution in [0.1, 0.15) is 42.9 Å². The third-order valence-electron chi connectivity index (χ3n) is 6.36. The molecule has 0 aromatic heterocycles.